The van der Waals surface area contributed by atoms with Gasteiger partial charge in [0.25, 0.3) is 5.91 Å². The van der Waals surface area contributed by atoms with Gasteiger partial charge in [0.05, 0.1) is 0 Å². The van der Waals surface area contributed by atoms with E-state index in [4.69, 9.17) is 0 Å². The van der Waals surface area contributed by atoms with Crippen LogP contribution in [0.4, 0.5) is 5.69 Å². The molecule has 0 aliphatic carbocycles. The van der Waals surface area contributed by atoms with Crippen molar-refractivity contribution in [2.24, 2.45) is 0 Å². The number of hydrogen-bond donors (Lipinski definition) is 1. The summed E-state index contributed by atoms with van der Waals surface area (Å²) in [4.78, 5) is 13.0. The minimum absolute atomic E-state index is 0.0795. The van der Waals surface area contributed by atoms with E-state index in [1.54, 1.807) is 6.08 Å². The molecule has 0 spiro atoms. The molecule has 0 radical (unpaired) electrons. The Morgan fingerprint density at radius 3 is 1.93 bits per heavy atom. The van der Waals surface area contributed by atoms with Crippen LogP contribution in [0.1, 0.15) is 22.3 Å². The summed E-state index contributed by atoms with van der Waals surface area (Å²) in [5.41, 5.74) is 4.82. The van der Waals surface area contributed by atoms with E-state index in [1.165, 1.54) is 0 Å². The average Bonchev–Trinajstić information content (AvgIpc) is 2.73. The van der Waals surface area contributed by atoms with Gasteiger partial charge >= 0.3 is 0 Å². The molecule has 0 aromatic heterocycles. The van der Waals surface area contributed by atoms with Crippen molar-refractivity contribution in [1.29, 1.82) is 5.26 Å². The summed E-state index contributed by atoms with van der Waals surface area (Å²) in [7, 11) is 0. The van der Waals surface area contributed by atoms with Gasteiger partial charge in [0.2, 0.25) is 0 Å². The lowest BCUT2D eigenvalue weighted by Crippen LogP contribution is -2.15. The molecule has 0 saturated heterocycles. The van der Waals surface area contributed by atoms with Crippen LogP contribution >= 0.6 is 0 Å². The molecule has 0 fully saturated rings. The Morgan fingerprint density at radius 1 is 0.867 bits per heavy atom. The lowest BCUT2D eigenvalue weighted by Gasteiger charge is -2.13. The molecule has 1 amide bonds. The van der Waals surface area contributed by atoms with Gasteiger partial charge in [-0.05, 0) is 71.1 Å². The number of fused-ring (bicyclic) bond motifs is 2. The van der Waals surface area contributed by atoms with Gasteiger partial charge in [-0.2, -0.15) is 5.26 Å². The molecule has 4 aromatic carbocycles. The number of nitriles is 1. The van der Waals surface area contributed by atoms with Gasteiger partial charge in [0, 0.05) is 5.69 Å². The molecule has 3 nitrogen and oxygen atoms in total. The number of nitrogens with one attached hydrogen (secondary N) is 1. The lowest BCUT2D eigenvalue weighted by atomic mass is 9.95. The first-order chi connectivity index (χ1) is 14.5. The van der Waals surface area contributed by atoms with E-state index in [0.717, 1.165) is 49.5 Å². The molecular weight excluding hydrogens is 368 g/mol. The van der Waals surface area contributed by atoms with Crippen LogP contribution in [0, 0.1) is 32.1 Å². The zero-order chi connectivity index (χ0) is 21.3. The minimum Gasteiger partial charge on any atom is -0.321 e. The van der Waals surface area contributed by atoms with Crippen LogP contribution < -0.4 is 5.32 Å². The van der Waals surface area contributed by atoms with Crippen LogP contribution in [0.25, 0.3) is 27.6 Å². The number of anilines is 1. The van der Waals surface area contributed by atoms with Crippen LogP contribution in [0.15, 0.2) is 72.3 Å². The molecular formula is C27H22N2O. The van der Waals surface area contributed by atoms with E-state index in [9.17, 15) is 10.1 Å². The first-order valence-electron chi connectivity index (χ1n) is 9.89. The largest absolute Gasteiger partial charge is 0.321 e. The number of carbonyl (C=O) groups is 1. The van der Waals surface area contributed by atoms with Crippen molar-refractivity contribution in [3.63, 3.8) is 0 Å². The summed E-state index contributed by atoms with van der Waals surface area (Å²) >= 11 is 0. The molecule has 0 aliphatic rings. The fraction of sp³-hybridized carbons (Fsp3) is 0.111. The van der Waals surface area contributed by atoms with E-state index in [1.807, 2.05) is 81.4 Å². The third kappa shape index (κ3) is 3.56. The standard InChI is InChI=1S/C27H22N2O/c1-17-12-18(2)26(19(3)13-17)29-27(30)22(16-28)15-25-23-10-6-4-8-20(23)14-21-9-5-7-11-24(21)25/h4-15H,1-3H3,(H,29,30). The van der Waals surface area contributed by atoms with E-state index < -0.39 is 5.91 Å². The molecule has 4 aromatic rings. The Morgan fingerprint density at radius 2 is 1.40 bits per heavy atom. The molecule has 146 valence electrons. The first kappa shape index (κ1) is 19.4. The Kier molecular flexibility index (Phi) is 5.08. The second kappa shape index (κ2) is 7.85. The van der Waals surface area contributed by atoms with E-state index in [0.29, 0.717) is 0 Å². The Bertz CT molecular complexity index is 1300. The number of amides is 1. The summed E-state index contributed by atoms with van der Waals surface area (Å²) < 4.78 is 0. The Labute approximate surface area is 176 Å². The van der Waals surface area contributed by atoms with Gasteiger partial charge in [-0.15, -0.1) is 0 Å². The fourth-order valence-electron chi connectivity index (χ4n) is 4.06. The highest BCUT2D eigenvalue weighted by Crippen LogP contribution is 2.30. The molecule has 4 rings (SSSR count). The maximum atomic E-state index is 13.0. The second-order valence-corrected chi connectivity index (χ2v) is 7.63. The van der Waals surface area contributed by atoms with Gasteiger partial charge in [-0.3, -0.25) is 4.79 Å². The van der Waals surface area contributed by atoms with Crippen molar-refractivity contribution >= 4 is 39.2 Å². The van der Waals surface area contributed by atoms with Crippen molar-refractivity contribution < 1.29 is 4.79 Å². The number of rotatable bonds is 3. The summed E-state index contributed by atoms with van der Waals surface area (Å²) in [6.45, 7) is 5.95. The molecule has 0 bridgehead atoms. The predicted octanol–water partition coefficient (Wildman–Crippen LogP) is 6.46. The summed E-state index contributed by atoms with van der Waals surface area (Å²) in [5, 5.41) is 16.9. The third-order valence-corrected chi connectivity index (χ3v) is 5.38. The number of benzene rings is 4. The van der Waals surface area contributed by atoms with Gasteiger partial charge in [-0.1, -0.05) is 66.2 Å². The topological polar surface area (TPSA) is 52.9 Å². The molecule has 0 saturated carbocycles. The summed E-state index contributed by atoms with van der Waals surface area (Å²) in [6, 6.07) is 24.3. The van der Waals surface area contributed by atoms with Gasteiger partial charge in [0.15, 0.2) is 0 Å². The van der Waals surface area contributed by atoms with E-state index in [2.05, 4.69) is 17.5 Å². The highest BCUT2D eigenvalue weighted by Gasteiger charge is 2.15. The number of hydrogen-bond acceptors (Lipinski definition) is 2. The van der Waals surface area contributed by atoms with Crippen molar-refractivity contribution in [2.75, 3.05) is 5.32 Å². The van der Waals surface area contributed by atoms with Crippen LogP contribution in [0.3, 0.4) is 0 Å². The quantitative estimate of drug-likeness (QED) is 0.248. The smallest absolute Gasteiger partial charge is 0.266 e. The highest BCUT2D eigenvalue weighted by atomic mass is 16.1. The lowest BCUT2D eigenvalue weighted by molar-refractivity contribution is -0.112. The molecule has 0 unspecified atom stereocenters. The van der Waals surface area contributed by atoms with Crippen LogP contribution in [-0.4, -0.2) is 5.91 Å². The molecule has 3 heteroatoms. The average molecular weight is 390 g/mol. The van der Waals surface area contributed by atoms with Crippen molar-refractivity contribution in [1.82, 2.24) is 0 Å². The number of aryl methyl sites for hydroxylation is 3. The molecule has 1 N–H and O–H groups in total. The normalized spacial score (nSPS) is 11.5. The van der Waals surface area contributed by atoms with E-state index in [-0.39, 0.29) is 5.57 Å². The molecule has 0 atom stereocenters. The maximum Gasteiger partial charge on any atom is 0.266 e. The second-order valence-electron chi connectivity index (χ2n) is 7.63. The molecule has 0 heterocycles. The first-order valence-corrected chi connectivity index (χ1v) is 9.89. The monoisotopic (exact) mass is 390 g/mol. The zero-order valence-corrected chi connectivity index (χ0v) is 17.3. The molecule has 30 heavy (non-hydrogen) atoms. The Hall–Kier alpha value is -3.90. The van der Waals surface area contributed by atoms with Crippen LogP contribution in [-0.2, 0) is 4.79 Å². The Balaban J connectivity index is 1.84. The van der Waals surface area contributed by atoms with Gasteiger partial charge < -0.3 is 5.32 Å². The van der Waals surface area contributed by atoms with Crippen LogP contribution in [0.5, 0.6) is 0 Å². The van der Waals surface area contributed by atoms with Crippen molar-refractivity contribution in [2.45, 2.75) is 20.8 Å². The number of carbonyl (C=O) groups excluding carboxylic acids is 1. The van der Waals surface area contributed by atoms with Crippen molar-refractivity contribution in [3.05, 3.63) is 94.6 Å². The minimum atomic E-state index is -0.399. The summed E-state index contributed by atoms with van der Waals surface area (Å²) in [5.74, 6) is -0.399. The highest BCUT2D eigenvalue weighted by molar-refractivity contribution is 6.14. The van der Waals surface area contributed by atoms with Gasteiger partial charge in [-0.25, -0.2) is 0 Å². The fourth-order valence-corrected chi connectivity index (χ4v) is 4.06. The zero-order valence-electron chi connectivity index (χ0n) is 17.3. The predicted molar refractivity (Wildman–Crippen MR) is 124 cm³/mol. The summed E-state index contributed by atoms with van der Waals surface area (Å²) in [6.07, 6.45) is 1.71. The van der Waals surface area contributed by atoms with Crippen LogP contribution in [0.2, 0.25) is 0 Å². The maximum absolute atomic E-state index is 13.0. The number of nitrogens with zero attached hydrogens (tertiary/aromatic N) is 1. The van der Waals surface area contributed by atoms with Crippen molar-refractivity contribution in [3.8, 4) is 6.07 Å². The van der Waals surface area contributed by atoms with E-state index >= 15 is 0 Å². The van der Waals surface area contributed by atoms with Gasteiger partial charge in [0.1, 0.15) is 11.6 Å². The third-order valence-electron chi connectivity index (χ3n) is 5.38. The SMILES string of the molecule is Cc1cc(C)c(NC(=O)C(C#N)=Cc2c3ccccc3cc3ccccc23)c(C)c1. The molecule has 0 aliphatic heterocycles.